The first-order valence-corrected chi connectivity index (χ1v) is 4.00. The Morgan fingerprint density at radius 2 is 2.21 bits per heavy atom. The van der Waals surface area contributed by atoms with Gasteiger partial charge in [0.05, 0.1) is 11.4 Å². The number of anilines is 1. The quantitative estimate of drug-likeness (QED) is 0.660. The highest BCUT2D eigenvalue weighted by Crippen LogP contribution is 2.13. The van der Waals surface area contributed by atoms with Crippen LogP contribution in [0.15, 0.2) is 35.4 Å². The molecule has 1 aromatic carbocycles. The number of aromatic nitrogens is 2. The van der Waals surface area contributed by atoms with Gasteiger partial charge in [0.25, 0.3) is 0 Å². The molecule has 0 spiro atoms. The zero-order valence-corrected chi connectivity index (χ0v) is 7.20. The second-order valence-electron chi connectivity index (χ2n) is 2.84. The van der Waals surface area contributed by atoms with Gasteiger partial charge in [0.2, 0.25) is 0 Å². The Morgan fingerprint density at radius 3 is 2.79 bits per heavy atom. The highest BCUT2D eigenvalue weighted by Gasteiger charge is 2.03. The van der Waals surface area contributed by atoms with E-state index in [-0.39, 0.29) is 11.4 Å². The summed E-state index contributed by atoms with van der Waals surface area (Å²) in [4.78, 5) is 13.6. The average molecular weight is 193 g/mol. The molecule has 5 heteroatoms. The van der Waals surface area contributed by atoms with Crippen molar-refractivity contribution < 1.29 is 4.39 Å². The molecule has 0 radical (unpaired) electrons. The molecule has 0 aliphatic carbocycles. The third-order valence-electron chi connectivity index (χ3n) is 1.91. The van der Waals surface area contributed by atoms with Crippen molar-refractivity contribution in [1.82, 2.24) is 9.55 Å². The van der Waals surface area contributed by atoms with E-state index in [9.17, 15) is 9.18 Å². The van der Waals surface area contributed by atoms with Crippen LogP contribution in [0.5, 0.6) is 0 Å². The summed E-state index contributed by atoms with van der Waals surface area (Å²) in [6.45, 7) is 0. The molecule has 2 aromatic rings. The van der Waals surface area contributed by atoms with Gasteiger partial charge in [-0.1, -0.05) is 0 Å². The number of hydrogen-bond donors (Lipinski definition) is 2. The van der Waals surface area contributed by atoms with Crippen molar-refractivity contribution in [3.05, 3.63) is 46.9 Å². The fourth-order valence-electron chi connectivity index (χ4n) is 1.19. The van der Waals surface area contributed by atoms with Crippen molar-refractivity contribution in [2.45, 2.75) is 0 Å². The van der Waals surface area contributed by atoms with Gasteiger partial charge in [-0.2, -0.15) is 0 Å². The molecule has 14 heavy (non-hydrogen) atoms. The van der Waals surface area contributed by atoms with Crippen LogP contribution in [0.4, 0.5) is 10.1 Å². The van der Waals surface area contributed by atoms with Crippen LogP contribution in [-0.2, 0) is 0 Å². The average Bonchev–Trinajstić information content (AvgIpc) is 2.57. The number of nitrogens with zero attached hydrogens (tertiary/aromatic N) is 1. The number of imidazole rings is 1. The van der Waals surface area contributed by atoms with Gasteiger partial charge < -0.3 is 10.7 Å². The van der Waals surface area contributed by atoms with Crippen molar-refractivity contribution in [2.75, 3.05) is 5.73 Å². The molecule has 1 heterocycles. The first-order valence-electron chi connectivity index (χ1n) is 4.00. The maximum Gasteiger partial charge on any atom is 0.330 e. The Balaban J connectivity index is 2.59. The molecule has 1 aromatic heterocycles. The van der Waals surface area contributed by atoms with Crippen molar-refractivity contribution in [3.63, 3.8) is 0 Å². The molecule has 72 valence electrons. The molecule has 0 unspecified atom stereocenters. The molecule has 0 aliphatic rings. The van der Waals surface area contributed by atoms with Crippen molar-refractivity contribution in [1.29, 1.82) is 0 Å². The van der Waals surface area contributed by atoms with Gasteiger partial charge in [0.1, 0.15) is 5.82 Å². The zero-order valence-electron chi connectivity index (χ0n) is 7.20. The lowest BCUT2D eigenvalue weighted by Gasteiger charge is -2.02. The van der Waals surface area contributed by atoms with E-state index in [0.717, 1.165) is 0 Å². The van der Waals surface area contributed by atoms with E-state index in [1.165, 1.54) is 29.1 Å². The summed E-state index contributed by atoms with van der Waals surface area (Å²) in [7, 11) is 0. The van der Waals surface area contributed by atoms with E-state index in [0.29, 0.717) is 5.69 Å². The van der Waals surface area contributed by atoms with Crippen LogP contribution in [0.2, 0.25) is 0 Å². The lowest BCUT2D eigenvalue weighted by atomic mass is 10.2. The molecule has 0 aliphatic heterocycles. The first kappa shape index (κ1) is 8.55. The highest BCUT2D eigenvalue weighted by molar-refractivity contribution is 5.46. The summed E-state index contributed by atoms with van der Waals surface area (Å²) in [5.41, 5.74) is 5.51. The Kier molecular flexibility index (Phi) is 1.85. The van der Waals surface area contributed by atoms with Gasteiger partial charge in [-0.15, -0.1) is 0 Å². The number of H-pyrrole nitrogens is 1. The normalized spacial score (nSPS) is 10.4. The minimum atomic E-state index is -0.532. The number of rotatable bonds is 1. The minimum absolute atomic E-state index is 0.0670. The van der Waals surface area contributed by atoms with Crippen LogP contribution >= 0.6 is 0 Å². The molecule has 0 atom stereocenters. The third-order valence-corrected chi connectivity index (χ3v) is 1.91. The lowest BCUT2D eigenvalue weighted by Crippen LogP contribution is -2.14. The van der Waals surface area contributed by atoms with Gasteiger partial charge in [-0.05, 0) is 12.1 Å². The maximum absolute atomic E-state index is 13.1. The number of nitrogens with one attached hydrogen (secondary N) is 1. The summed E-state index contributed by atoms with van der Waals surface area (Å²) in [5.74, 6) is -0.532. The molecule has 0 saturated heterocycles. The lowest BCUT2D eigenvalue weighted by molar-refractivity contribution is 0.631. The number of hydrogen-bond acceptors (Lipinski definition) is 2. The molecule has 3 N–H and O–H groups in total. The number of nitrogens with two attached hydrogens (primary N) is 1. The molecule has 0 bridgehead atoms. The molecular formula is C9H8FN3O. The van der Waals surface area contributed by atoms with E-state index in [2.05, 4.69) is 4.98 Å². The van der Waals surface area contributed by atoms with Crippen LogP contribution in [-0.4, -0.2) is 9.55 Å². The SMILES string of the molecule is Nc1ccc(-n2cc[nH]c2=O)cc1F. The smallest absolute Gasteiger partial charge is 0.330 e. The van der Waals surface area contributed by atoms with Crippen molar-refractivity contribution in [3.8, 4) is 5.69 Å². The second-order valence-corrected chi connectivity index (χ2v) is 2.84. The first-order chi connectivity index (χ1) is 6.68. The third kappa shape index (κ3) is 1.28. The molecule has 0 amide bonds. The standard InChI is InChI=1S/C9H8FN3O/c10-7-5-6(1-2-8(7)11)13-4-3-12-9(13)14/h1-5H,11H2,(H,12,14). The predicted octanol–water partition coefficient (Wildman–Crippen LogP) is 0.887. The van der Waals surface area contributed by atoms with E-state index >= 15 is 0 Å². The van der Waals surface area contributed by atoms with Gasteiger partial charge >= 0.3 is 5.69 Å². The van der Waals surface area contributed by atoms with Crippen molar-refractivity contribution >= 4 is 5.69 Å². The Hall–Kier alpha value is -2.04. The number of benzene rings is 1. The van der Waals surface area contributed by atoms with Crippen LogP contribution < -0.4 is 11.4 Å². The fraction of sp³-hybridized carbons (Fsp3) is 0. The van der Waals surface area contributed by atoms with E-state index in [1.54, 1.807) is 6.07 Å². The van der Waals surface area contributed by atoms with Crippen molar-refractivity contribution in [2.24, 2.45) is 0 Å². The summed E-state index contributed by atoms with van der Waals surface area (Å²) >= 11 is 0. The molecular weight excluding hydrogens is 185 g/mol. The fourth-order valence-corrected chi connectivity index (χ4v) is 1.19. The van der Waals surface area contributed by atoms with Gasteiger partial charge in [-0.3, -0.25) is 4.57 Å². The minimum Gasteiger partial charge on any atom is -0.396 e. The maximum atomic E-state index is 13.1. The van der Waals surface area contributed by atoms with Gasteiger partial charge in [0, 0.05) is 18.5 Å². The van der Waals surface area contributed by atoms with Gasteiger partial charge in [0.15, 0.2) is 0 Å². The molecule has 0 fully saturated rings. The monoisotopic (exact) mass is 193 g/mol. The second kappa shape index (κ2) is 3.02. The zero-order chi connectivity index (χ0) is 10.1. The topological polar surface area (TPSA) is 63.8 Å². The molecule has 4 nitrogen and oxygen atoms in total. The summed E-state index contributed by atoms with van der Waals surface area (Å²) in [6.07, 6.45) is 3.00. The Labute approximate surface area is 78.8 Å². The summed E-state index contributed by atoms with van der Waals surface area (Å²) in [5, 5.41) is 0. The number of aromatic amines is 1. The predicted molar refractivity (Wildman–Crippen MR) is 50.8 cm³/mol. The van der Waals surface area contributed by atoms with Crippen LogP contribution in [0.3, 0.4) is 0 Å². The largest absolute Gasteiger partial charge is 0.396 e. The van der Waals surface area contributed by atoms with E-state index in [1.807, 2.05) is 0 Å². The van der Waals surface area contributed by atoms with Gasteiger partial charge in [-0.25, -0.2) is 9.18 Å². The Morgan fingerprint density at radius 1 is 1.43 bits per heavy atom. The Bertz CT molecular complexity index is 515. The number of nitrogen functional groups attached to an aromatic ring is 1. The van der Waals surface area contributed by atoms with E-state index < -0.39 is 5.82 Å². The molecule has 0 saturated carbocycles. The van der Waals surface area contributed by atoms with E-state index in [4.69, 9.17) is 5.73 Å². The van der Waals surface area contributed by atoms with Crippen LogP contribution in [0.25, 0.3) is 5.69 Å². The number of halogens is 1. The summed E-state index contributed by atoms with van der Waals surface area (Å²) < 4.78 is 14.3. The summed E-state index contributed by atoms with van der Waals surface area (Å²) in [6, 6.07) is 4.21. The van der Waals surface area contributed by atoms with Crippen LogP contribution in [0, 0.1) is 5.82 Å². The highest BCUT2D eigenvalue weighted by atomic mass is 19.1. The molecule has 2 rings (SSSR count). The van der Waals surface area contributed by atoms with Crippen LogP contribution in [0.1, 0.15) is 0 Å².